The fourth-order valence-electron chi connectivity index (χ4n) is 7.19. The summed E-state index contributed by atoms with van der Waals surface area (Å²) in [6, 6.07) is 21.3. The summed E-state index contributed by atoms with van der Waals surface area (Å²) >= 11 is 1.77. The van der Waals surface area contributed by atoms with Crippen LogP contribution in [-0.2, 0) is 31.3 Å². The topological polar surface area (TPSA) is 63.1 Å². The van der Waals surface area contributed by atoms with E-state index in [-0.39, 0.29) is 49.8 Å². The molecule has 0 saturated heterocycles. The van der Waals surface area contributed by atoms with Gasteiger partial charge in [-0.1, -0.05) is 114 Å². The minimum Gasteiger partial charge on any atom is -0.512 e. The summed E-state index contributed by atoms with van der Waals surface area (Å²) in [5, 5.41) is 14.7. The second-order valence-corrected chi connectivity index (χ2v) is 20.6. The molecule has 0 amide bonds. The minimum absolute atomic E-state index is 0. The van der Waals surface area contributed by atoms with Crippen LogP contribution in [0, 0.1) is 23.8 Å². The SMILES string of the molecule is CCC(CC)C(=O)/C=C(\O)C(CC)CC.[2H]c1nc(-c2[c-]c3ccccc3c([Si](C)(C)C)c2)c2sc3cc(CC4CCCC4)ccc3c2n1.[Ir]. The minimum atomic E-state index is -1.61. The van der Waals surface area contributed by atoms with Crippen LogP contribution >= 0.6 is 11.3 Å². The molecule has 0 spiro atoms. The van der Waals surface area contributed by atoms with E-state index >= 15 is 0 Å². The first-order valence-electron chi connectivity index (χ1n) is 18.6. The van der Waals surface area contributed by atoms with Gasteiger partial charge < -0.3 is 5.11 Å². The summed E-state index contributed by atoms with van der Waals surface area (Å²) in [7, 11) is -1.61. The van der Waals surface area contributed by atoms with Gasteiger partial charge in [-0.2, -0.15) is 0 Å². The van der Waals surface area contributed by atoms with Crippen LogP contribution < -0.4 is 5.19 Å². The van der Waals surface area contributed by atoms with Crippen molar-refractivity contribution < 1.29 is 31.4 Å². The molecule has 2 aromatic heterocycles. The molecule has 2 heterocycles. The maximum atomic E-state index is 11.7. The summed E-state index contributed by atoms with van der Waals surface area (Å²) in [6.45, 7) is 15.2. The van der Waals surface area contributed by atoms with Crippen molar-refractivity contribution in [3.8, 4) is 11.3 Å². The Morgan fingerprint density at radius 1 is 0.980 bits per heavy atom. The van der Waals surface area contributed by atoms with Crippen LogP contribution in [0.2, 0.25) is 19.6 Å². The fraction of sp³-hybridized carbons (Fsp3) is 0.452. The van der Waals surface area contributed by atoms with Gasteiger partial charge in [0.15, 0.2) is 5.78 Å². The van der Waals surface area contributed by atoms with Crippen LogP contribution in [0.4, 0.5) is 0 Å². The van der Waals surface area contributed by atoms with Crippen LogP contribution in [0.25, 0.3) is 42.3 Å². The van der Waals surface area contributed by atoms with Crippen molar-refractivity contribution >= 4 is 61.5 Å². The second-order valence-electron chi connectivity index (χ2n) is 14.5. The number of allylic oxidation sites excluding steroid dienone is 2. The number of nitrogens with zero attached hydrogens (tertiary/aromatic N) is 2. The predicted octanol–water partition coefficient (Wildman–Crippen LogP) is 11.6. The molecule has 1 aliphatic carbocycles. The molecular weight excluding hydrogens is 817 g/mol. The standard InChI is InChI=1S/C29H29N2SSi.C13H24O2.Ir/c1-33(2,3)26-17-22(16-21-10-6-7-11-23(21)26)27-29-28(31-18-30-27)24-13-12-20(15-25(24)32-29)14-19-8-4-5-9-19;1-5-10(6-2)12(14)9-13(15)11(7-3)8-4;/h6-7,10-13,15,17-19H,4-5,8-9,14H2,1-3H3;9-11,14H,5-8H2,1-4H3;/q-1;;/b;12-9-;/i18D;;. The number of hydrogen-bond acceptors (Lipinski definition) is 5. The van der Waals surface area contributed by atoms with Crippen LogP contribution in [0.15, 0.2) is 66.7 Å². The van der Waals surface area contributed by atoms with E-state index < -0.39 is 8.07 Å². The fourth-order valence-corrected chi connectivity index (χ4v) is 10.0. The summed E-state index contributed by atoms with van der Waals surface area (Å²) in [6.07, 6.45) is 11.6. The molecule has 4 nitrogen and oxygen atoms in total. The smallest absolute Gasteiger partial charge is 0.162 e. The van der Waals surface area contributed by atoms with Crippen LogP contribution in [-0.4, -0.2) is 28.9 Å². The molecule has 0 aliphatic heterocycles. The zero-order valence-electron chi connectivity index (χ0n) is 31.3. The molecular formula is C42H53IrN2O2SSi-. The molecule has 1 fully saturated rings. The largest absolute Gasteiger partial charge is 0.512 e. The van der Waals surface area contributed by atoms with Gasteiger partial charge in [-0.25, -0.2) is 4.98 Å². The van der Waals surface area contributed by atoms with Crippen molar-refractivity contribution in [1.82, 2.24) is 9.97 Å². The van der Waals surface area contributed by atoms with Gasteiger partial charge in [-0.15, -0.1) is 40.1 Å². The molecule has 1 aliphatic rings. The monoisotopic (exact) mass is 871 g/mol. The molecule has 6 rings (SSSR count). The van der Waals surface area contributed by atoms with E-state index in [2.05, 4.69) is 84.2 Å². The predicted molar refractivity (Wildman–Crippen MR) is 209 cm³/mol. The van der Waals surface area contributed by atoms with Crippen molar-refractivity contribution in [3.63, 3.8) is 0 Å². The summed E-state index contributed by atoms with van der Waals surface area (Å²) < 4.78 is 10.7. The van der Waals surface area contributed by atoms with Gasteiger partial charge in [0.05, 0.1) is 19.3 Å². The van der Waals surface area contributed by atoms with Crippen molar-refractivity contribution in [2.24, 2.45) is 17.8 Å². The van der Waals surface area contributed by atoms with E-state index in [9.17, 15) is 9.90 Å². The van der Waals surface area contributed by atoms with Gasteiger partial charge in [0.1, 0.15) is 7.67 Å². The Balaban J connectivity index is 0.000000301. The Morgan fingerprint density at radius 2 is 1.65 bits per heavy atom. The molecule has 3 aromatic carbocycles. The van der Waals surface area contributed by atoms with E-state index in [4.69, 9.17) is 1.37 Å². The first kappa shape index (κ1) is 37.5. The molecule has 0 atom stereocenters. The van der Waals surface area contributed by atoms with Gasteiger partial charge in [0, 0.05) is 58.5 Å². The Bertz CT molecular complexity index is 1950. The summed E-state index contributed by atoms with van der Waals surface area (Å²) in [5.41, 5.74) is 4.15. The average Bonchev–Trinajstić information content (AvgIpc) is 3.72. The number of carbonyl (C=O) groups excluding carboxylic acids is 1. The van der Waals surface area contributed by atoms with E-state index in [0.717, 1.165) is 63.8 Å². The van der Waals surface area contributed by atoms with E-state index in [1.807, 2.05) is 27.7 Å². The van der Waals surface area contributed by atoms with Crippen molar-refractivity contribution in [2.75, 3.05) is 0 Å². The molecule has 1 radical (unpaired) electrons. The first-order valence-corrected chi connectivity index (χ1v) is 22.4. The Labute approximate surface area is 313 Å². The maximum absolute atomic E-state index is 11.7. The third kappa shape index (κ3) is 9.16. The molecule has 49 heavy (non-hydrogen) atoms. The molecule has 1 N–H and O–H groups in total. The number of ketones is 1. The van der Waals surface area contributed by atoms with Crippen LogP contribution in [0.5, 0.6) is 0 Å². The number of fused-ring (bicyclic) bond motifs is 4. The van der Waals surface area contributed by atoms with Crippen molar-refractivity contribution in [3.05, 3.63) is 78.3 Å². The zero-order chi connectivity index (χ0) is 35.3. The molecule has 1 saturated carbocycles. The quantitative estimate of drug-likeness (QED) is 0.0622. The number of thiophene rings is 1. The maximum Gasteiger partial charge on any atom is 0.162 e. The Kier molecular flexibility index (Phi) is 13.4. The average molecular weight is 871 g/mol. The van der Waals surface area contributed by atoms with Crippen molar-refractivity contribution in [1.29, 1.82) is 0 Å². The number of aliphatic hydroxyl groups is 1. The molecule has 263 valence electrons. The van der Waals surface area contributed by atoms with E-state index in [0.29, 0.717) is 0 Å². The molecule has 5 aromatic rings. The van der Waals surface area contributed by atoms with Gasteiger partial charge in [0.25, 0.3) is 0 Å². The zero-order valence-corrected chi connectivity index (χ0v) is 34.5. The third-order valence-corrected chi connectivity index (χ3v) is 13.4. The van der Waals surface area contributed by atoms with Gasteiger partial charge in [-0.3, -0.25) is 9.78 Å². The Hall–Kier alpha value is -2.70. The molecule has 7 heteroatoms. The van der Waals surface area contributed by atoms with Crippen LogP contribution in [0.1, 0.15) is 86.0 Å². The number of carbonyl (C=O) groups is 1. The normalized spacial score (nSPS) is 14.4. The number of rotatable bonds is 11. The molecule has 0 unspecified atom stereocenters. The van der Waals surface area contributed by atoms with Gasteiger partial charge in [0.2, 0.25) is 0 Å². The van der Waals surface area contributed by atoms with Gasteiger partial charge >= 0.3 is 0 Å². The van der Waals surface area contributed by atoms with Crippen molar-refractivity contribution in [2.45, 2.75) is 105 Å². The van der Waals surface area contributed by atoms with Gasteiger partial charge in [-0.05, 0) is 49.7 Å². The number of aliphatic hydroxyl groups excluding tert-OH is 1. The third-order valence-electron chi connectivity index (χ3n) is 10.2. The second kappa shape index (κ2) is 17.5. The summed E-state index contributed by atoms with van der Waals surface area (Å²) in [5.74, 6) is 1.38. The Morgan fingerprint density at radius 3 is 2.31 bits per heavy atom. The number of aromatic nitrogens is 2. The first-order chi connectivity index (χ1) is 23.5. The number of benzene rings is 3. The summed E-state index contributed by atoms with van der Waals surface area (Å²) in [4.78, 5) is 20.9. The van der Waals surface area contributed by atoms with E-state index in [1.54, 1.807) is 11.3 Å². The van der Waals surface area contributed by atoms with E-state index in [1.165, 1.54) is 59.0 Å². The number of hydrogen-bond donors (Lipinski definition) is 1. The molecule has 0 bridgehead atoms. The van der Waals surface area contributed by atoms with Crippen LogP contribution in [0.3, 0.4) is 0 Å².